The van der Waals surface area contributed by atoms with Crippen LogP contribution in [0.2, 0.25) is 0 Å². The minimum Gasteiger partial charge on any atom is -0.481 e. The number of hydrogen-bond donors (Lipinski definition) is 1. The van der Waals surface area contributed by atoms with Gasteiger partial charge in [0.05, 0.1) is 17.8 Å². The fourth-order valence-corrected chi connectivity index (χ4v) is 2.77. The lowest BCUT2D eigenvalue weighted by Gasteiger charge is -2.11. The van der Waals surface area contributed by atoms with Gasteiger partial charge in [-0.15, -0.1) is 0 Å². The predicted molar refractivity (Wildman–Crippen MR) is 74.0 cm³/mol. The zero-order valence-corrected chi connectivity index (χ0v) is 11.2. The number of aliphatic carboxylic acids is 1. The lowest BCUT2D eigenvalue weighted by atomic mass is 9.94. The Morgan fingerprint density at radius 1 is 1.30 bits per heavy atom. The maximum absolute atomic E-state index is 10.9. The van der Waals surface area contributed by atoms with Crippen LogP contribution in [-0.2, 0) is 24.1 Å². The second-order valence-corrected chi connectivity index (χ2v) is 5.07. The van der Waals surface area contributed by atoms with Crippen molar-refractivity contribution in [3.8, 4) is 5.82 Å². The summed E-state index contributed by atoms with van der Waals surface area (Å²) in [5.74, 6) is -0.00869. The standard InChI is InChI=1S/C15H17N3O2/c19-15(20)9-8-13-11-5-1-2-6-12(11)17-18(13)14-7-3-4-10-16-14/h3-4,7,10H,1-2,5-6,8-9H2,(H,19,20). The van der Waals surface area contributed by atoms with Gasteiger partial charge in [-0.25, -0.2) is 9.67 Å². The summed E-state index contributed by atoms with van der Waals surface area (Å²) >= 11 is 0. The average Bonchev–Trinajstić information content (AvgIpc) is 2.84. The molecular formula is C15H17N3O2. The summed E-state index contributed by atoms with van der Waals surface area (Å²) < 4.78 is 1.83. The molecule has 0 aromatic carbocycles. The van der Waals surface area contributed by atoms with Crippen molar-refractivity contribution in [3.63, 3.8) is 0 Å². The number of fused-ring (bicyclic) bond motifs is 1. The third kappa shape index (κ3) is 2.43. The Bertz CT molecular complexity index is 620. The summed E-state index contributed by atoms with van der Waals surface area (Å²) in [5.41, 5.74) is 3.37. The van der Waals surface area contributed by atoms with Crippen LogP contribution in [0.3, 0.4) is 0 Å². The predicted octanol–water partition coefficient (Wildman–Crippen LogP) is 2.16. The highest BCUT2D eigenvalue weighted by Gasteiger charge is 2.21. The first-order valence-corrected chi connectivity index (χ1v) is 6.98. The van der Waals surface area contributed by atoms with Gasteiger partial charge in [-0.3, -0.25) is 4.79 Å². The Morgan fingerprint density at radius 2 is 2.15 bits per heavy atom. The minimum atomic E-state index is -0.775. The van der Waals surface area contributed by atoms with Gasteiger partial charge in [0.15, 0.2) is 5.82 Å². The van der Waals surface area contributed by atoms with Gasteiger partial charge in [-0.2, -0.15) is 5.10 Å². The van der Waals surface area contributed by atoms with Crippen LogP contribution in [-0.4, -0.2) is 25.8 Å². The molecule has 104 valence electrons. The van der Waals surface area contributed by atoms with Gasteiger partial charge in [0, 0.05) is 12.6 Å². The molecule has 0 saturated carbocycles. The first-order chi connectivity index (χ1) is 9.75. The van der Waals surface area contributed by atoms with E-state index in [4.69, 9.17) is 5.11 Å². The summed E-state index contributed by atoms with van der Waals surface area (Å²) in [6.45, 7) is 0. The van der Waals surface area contributed by atoms with Crippen LogP contribution in [0.1, 0.15) is 36.2 Å². The Balaban J connectivity index is 2.03. The molecule has 20 heavy (non-hydrogen) atoms. The van der Waals surface area contributed by atoms with Crippen LogP contribution in [0.4, 0.5) is 0 Å². The highest BCUT2D eigenvalue weighted by atomic mass is 16.4. The number of pyridine rings is 1. The molecule has 1 aliphatic carbocycles. The van der Waals surface area contributed by atoms with E-state index in [1.165, 1.54) is 5.56 Å². The normalized spacial score (nSPS) is 14.0. The molecule has 0 aliphatic heterocycles. The van der Waals surface area contributed by atoms with Gasteiger partial charge >= 0.3 is 5.97 Å². The van der Waals surface area contributed by atoms with Crippen LogP contribution < -0.4 is 0 Å². The first kappa shape index (κ1) is 12.8. The van der Waals surface area contributed by atoms with E-state index in [-0.39, 0.29) is 6.42 Å². The third-order valence-electron chi connectivity index (χ3n) is 3.71. The number of carbonyl (C=O) groups is 1. The number of aromatic nitrogens is 3. The van der Waals surface area contributed by atoms with E-state index in [1.807, 2.05) is 22.9 Å². The fourth-order valence-electron chi connectivity index (χ4n) is 2.77. The molecular weight excluding hydrogens is 254 g/mol. The van der Waals surface area contributed by atoms with Crippen LogP contribution in [0, 0.1) is 0 Å². The van der Waals surface area contributed by atoms with Crippen LogP contribution in [0.5, 0.6) is 0 Å². The second-order valence-electron chi connectivity index (χ2n) is 5.07. The Labute approximate surface area is 117 Å². The van der Waals surface area contributed by atoms with Crippen molar-refractivity contribution in [1.29, 1.82) is 0 Å². The third-order valence-corrected chi connectivity index (χ3v) is 3.71. The molecule has 3 rings (SSSR count). The molecule has 0 saturated heterocycles. The number of carboxylic acids is 1. The van der Waals surface area contributed by atoms with Gasteiger partial charge in [0.1, 0.15) is 0 Å². The van der Waals surface area contributed by atoms with Crippen molar-refractivity contribution in [3.05, 3.63) is 41.3 Å². The van der Waals surface area contributed by atoms with E-state index >= 15 is 0 Å². The summed E-state index contributed by atoms with van der Waals surface area (Å²) in [6, 6.07) is 5.69. The van der Waals surface area contributed by atoms with Crippen LogP contribution >= 0.6 is 0 Å². The van der Waals surface area contributed by atoms with Crippen molar-refractivity contribution < 1.29 is 9.90 Å². The maximum Gasteiger partial charge on any atom is 0.303 e. The quantitative estimate of drug-likeness (QED) is 0.925. The molecule has 2 heterocycles. The Morgan fingerprint density at radius 3 is 2.90 bits per heavy atom. The van der Waals surface area contributed by atoms with E-state index in [0.717, 1.165) is 42.9 Å². The molecule has 0 amide bonds. The van der Waals surface area contributed by atoms with E-state index in [9.17, 15) is 4.79 Å². The van der Waals surface area contributed by atoms with Crippen molar-refractivity contribution in [1.82, 2.24) is 14.8 Å². The Kier molecular flexibility index (Phi) is 3.50. The summed E-state index contributed by atoms with van der Waals surface area (Å²) in [7, 11) is 0. The molecule has 0 spiro atoms. The largest absolute Gasteiger partial charge is 0.481 e. The van der Waals surface area contributed by atoms with E-state index < -0.39 is 5.97 Å². The van der Waals surface area contributed by atoms with Crippen molar-refractivity contribution >= 4 is 5.97 Å². The zero-order valence-electron chi connectivity index (χ0n) is 11.2. The summed E-state index contributed by atoms with van der Waals surface area (Å²) in [4.78, 5) is 15.2. The van der Waals surface area contributed by atoms with Crippen LogP contribution in [0.15, 0.2) is 24.4 Å². The van der Waals surface area contributed by atoms with Gasteiger partial charge in [0.25, 0.3) is 0 Å². The number of nitrogens with zero attached hydrogens (tertiary/aromatic N) is 3. The van der Waals surface area contributed by atoms with Gasteiger partial charge < -0.3 is 5.11 Å². The summed E-state index contributed by atoms with van der Waals surface area (Å²) in [5, 5.41) is 13.6. The molecule has 2 aromatic heterocycles. The highest BCUT2D eigenvalue weighted by molar-refractivity contribution is 5.67. The zero-order chi connectivity index (χ0) is 13.9. The topological polar surface area (TPSA) is 68.0 Å². The van der Waals surface area contributed by atoms with Crippen molar-refractivity contribution in [2.24, 2.45) is 0 Å². The SMILES string of the molecule is O=C(O)CCc1c2c(nn1-c1ccccn1)CCCC2. The smallest absolute Gasteiger partial charge is 0.303 e. The van der Waals surface area contributed by atoms with E-state index in [2.05, 4.69) is 10.1 Å². The van der Waals surface area contributed by atoms with E-state index in [1.54, 1.807) is 6.20 Å². The molecule has 0 bridgehead atoms. The average molecular weight is 271 g/mol. The lowest BCUT2D eigenvalue weighted by Crippen LogP contribution is -2.08. The summed E-state index contributed by atoms with van der Waals surface area (Å²) in [6.07, 6.45) is 6.66. The van der Waals surface area contributed by atoms with Gasteiger partial charge in [-0.05, 0) is 43.4 Å². The highest BCUT2D eigenvalue weighted by Crippen LogP contribution is 2.26. The van der Waals surface area contributed by atoms with Crippen molar-refractivity contribution in [2.45, 2.75) is 38.5 Å². The Hall–Kier alpha value is -2.17. The molecule has 1 N–H and O–H groups in total. The molecule has 5 nitrogen and oxygen atoms in total. The molecule has 2 aromatic rings. The molecule has 0 unspecified atom stereocenters. The molecule has 1 aliphatic rings. The second kappa shape index (κ2) is 5.45. The lowest BCUT2D eigenvalue weighted by molar-refractivity contribution is -0.136. The molecule has 5 heteroatoms. The van der Waals surface area contributed by atoms with Gasteiger partial charge in [0.2, 0.25) is 0 Å². The monoisotopic (exact) mass is 271 g/mol. The van der Waals surface area contributed by atoms with Crippen molar-refractivity contribution in [2.75, 3.05) is 0 Å². The fraction of sp³-hybridized carbons (Fsp3) is 0.400. The number of aryl methyl sites for hydroxylation is 1. The first-order valence-electron chi connectivity index (χ1n) is 6.98. The van der Waals surface area contributed by atoms with Gasteiger partial charge in [-0.1, -0.05) is 6.07 Å². The number of hydrogen-bond acceptors (Lipinski definition) is 3. The van der Waals surface area contributed by atoms with Crippen LogP contribution in [0.25, 0.3) is 5.82 Å². The number of carboxylic acid groups (broad SMARTS) is 1. The molecule has 0 radical (unpaired) electrons. The molecule has 0 fully saturated rings. The number of rotatable bonds is 4. The molecule has 0 atom stereocenters. The minimum absolute atomic E-state index is 0.130. The maximum atomic E-state index is 10.9. The van der Waals surface area contributed by atoms with E-state index in [0.29, 0.717) is 6.42 Å².